The van der Waals surface area contributed by atoms with Crippen LogP contribution in [0.2, 0.25) is 0 Å². The number of hydrogen-bond acceptors (Lipinski definition) is 9. The van der Waals surface area contributed by atoms with E-state index in [-0.39, 0.29) is 35.6 Å². The quantitative estimate of drug-likeness (QED) is 0.124. The van der Waals surface area contributed by atoms with Crippen molar-refractivity contribution in [1.29, 1.82) is 0 Å². The minimum absolute atomic E-state index is 0.0232. The number of methoxy groups -OCH3 is 2. The number of Topliss-reactive ketones (excluding diaryl/α,β-unsaturated/α-hetero) is 2. The first-order valence-corrected chi connectivity index (χ1v) is 16.8. The second-order valence-corrected chi connectivity index (χ2v) is 13.7. The second-order valence-electron chi connectivity index (χ2n) is 13.7. The fourth-order valence-electron chi connectivity index (χ4n) is 7.01. The summed E-state index contributed by atoms with van der Waals surface area (Å²) in [4.78, 5) is 73.2. The van der Waals surface area contributed by atoms with Crippen molar-refractivity contribution in [3.8, 4) is 11.5 Å². The number of carbonyl (C=O) groups excluding carboxylic acids is 5. The highest BCUT2D eigenvalue weighted by Crippen LogP contribution is 2.59. The smallest absolute Gasteiger partial charge is 0.421 e. The normalized spacial score (nSPS) is 19.1. The molecular weight excluding hydrogens is 662 g/mol. The van der Waals surface area contributed by atoms with Gasteiger partial charge in [-0.2, -0.15) is 0 Å². The lowest BCUT2D eigenvalue weighted by Crippen LogP contribution is -2.53. The van der Waals surface area contributed by atoms with Gasteiger partial charge in [0.2, 0.25) is 5.91 Å². The van der Waals surface area contributed by atoms with Gasteiger partial charge in [-0.3, -0.25) is 19.2 Å². The third kappa shape index (κ3) is 6.59. The monoisotopic (exact) mass is 701 g/mol. The van der Waals surface area contributed by atoms with Gasteiger partial charge >= 0.3 is 12.1 Å². The van der Waals surface area contributed by atoms with Crippen LogP contribution in [0.1, 0.15) is 59.0 Å². The fourth-order valence-corrected chi connectivity index (χ4v) is 7.01. The lowest BCUT2D eigenvalue weighted by atomic mass is 9.64. The van der Waals surface area contributed by atoms with Crippen molar-refractivity contribution in [2.75, 3.05) is 19.1 Å². The molecule has 4 aromatic rings. The van der Waals surface area contributed by atoms with E-state index in [1.54, 1.807) is 118 Å². The molecule has 1 unspecified atom stereocenters. The van der Waals surface area contributed by atoms with Crippen LogP contribution in [0, 0.1) is 11.8 Å². The molecule has 0 bridgehead atoms. The van der Waals surface area contributed by atoms with Crippen LogP contribution in [0.15, 0.2) is 115 Å². The highest BCUT2D eigenvalue weighted by molar-refractivity contribution is 6.25. The molecule has 0 N–H and O–H groups in total. The Morgan fingerprint density at radius 3 is 1.92 bits per heavy atom. The Balaban J connectivity index is 1.54. The Morgan fingerprint density at radius 2 is 1.33 bits per heavy atom. The Labute approximate surface area is 301 Å². The molecule has 266 valence electrons. The minimum atomic E-state index is -1.93. The molecule has 0 fully saturated rings. The maximum absolute atomic E-state index is 15.2. The molecule has 1 aliphatic heterocycles. The van der Waals surface area contributed by atoms with Crippen molar-refractivity contribution >= 4 is 35.2 Å². The zero-order valence-electron chi connectivity index (χ0n) is 29.6. The molecule has 6 rings (SSSR count). The van der Waals surface area contributed by atoms with Crippen LogP contribution in [-0.4, -0.2) is 49.4 Å². The highest BCUT2D eigenvalue weighted by Gasteiger charge is 2.68. The molecule has 0 radical (unpaired) electrons. The van der Waals surface area contributed by atoms with Crippen molar-refractivity contribution in [2.24, 2.45) is 11.8 Å². The number of imide groups is 1. The van der Waals surface area contributed by atoms with Crippen molar-refractivity contribution in [3.63, 3.8) is 0 Å². The summed E-state index contributed by atoms with van der Waals surface area (Å²) in [5, 5.41) is 0. The molecule has 0 aromatic heterocycles. The summed E-state index contributed by atoms with van der Waals surface area (Å²) >= 11 is 0. The number of esters is 1. The van der Waals surface area contributed by atoms with Gasteiger partial charge in [0.1, 0.15) is 35.0 Å². The summed E-state index contributed by atoms with van der Waals surface area (Å²) in [5.74, 6) is -4.08. The average molecular weight is 702 g/mol. The summed E-state index contributed by atoms with van der Waals surface area (Å²) in [6.45, 7) is 4.89. The molecule has 2 aliphatic rings. The van der Waals surface area contributed by atoms with E-state index in [2.05, 4.69) is 0 Å². The number of benzene rings is 4. The first-order valence-electron chi connectivity index (χ1n) is 16.8. The maximum atomic E-state index is 15.2. The molecule has 10 heteroatoms. The van der Waals surface area contributed by atoms with Gasteiger partial charge in [-0.1, -0.05) is 54.6 Å². The maximum Gasteiger partial charge on any atom is 0.421 e. The minimum Gasteiger partial charge on any atom is -0.497 e. The molecule has 1 heterocycles. The van der Waals surface area contributed by atoms with Crippen LogP contribution in [0.5, 0.6) is 11.5 Å². The van der Waals surface area contributed by atoms with Gasteiger partial charge in [-0.15, -0.1) is 0 Å². The van der Waals surface area contributed by atoms with Crippen LogP contribution in [0.4, 0.5) is 10.5 Å². The molecule has 0 saturated carbocycles. The largest absolute Gasteiger partial charge is 0.497 e. The van der Waals surface area contributed by atoms with E-state index in [4.69, 9.17) is 18.9 Å². The van der Waals surface area contributed by atoms with Gasteiger partial charge in [0, 0.05) is 29.0 Å². The molecule has 1 spiro atoms. The zero-order chi connectivity index (χ0) is 37.2. The van der Waals surface area contributed by atoms with Crippen LogP contribution >= 0.6 is 0 Å². The van der Waals surface area contributed by atoms with Crippen LogP contribution in [0.25, 0.3) is 0 Å². The number of ketones is 2. The number of nitrogens with zero attached hydrogens (tertiary/aromatic N) is 1. The van der Waals surface area contributed by atoms with Crippen molar-refractivity contribution in [1.82, 2.24) is 0 Å². The molecule has 3 atom stereocenters. The zero-order valence-corrected chi connectivity index (χ0v) is 29.6. The number of amides is 2. The topological polar surface area (TPSA) is 126 Å². The SMILES string of the molecule is COc1ccc(C(=O)C[C@@H]2C=C(C(=O)c3ccc(OC)cc3)C(C(=O)OCc3ccccc3)[C@]23C(=O)N(C(=O)OC(C)(C)C)c2ccccc23)cc1. The van der Waals surface area contributed by atoms with Crippen LogP contribution < -0.4 is 14.4 Å². The molecular formula is C42H39NO9. The predicted octanol–water partition coefficient (Wildman–Crippen LogP) is 7.30. The number of allylic oxidation sites excluding steroid dienone is 1. The Morgan fingerprint density at radius 1 is 0.750 bits per heavy atom. The first kappa shape index (κ1) is 35.8. The average Bonchev–Trinajstić information content (AvgIpc) is 3.62. The van der Waals surface area contributed by atoms with Gasteiger partial charge in [0.15, 0.2) is 11.6 Å². The second kappa shape index (κ2) is 14.3. The van der Waals surface area contributed by atoms with Gasteiger partial charge in [-0.05, 0) is 86.5 Å². The molecule has 2 amide bonds. The Hall–Kier alpha value is -6.03. The lowest BCUT2D eigenvalue weighted by molar-refractivity contribution is -0.153. The number of carbonyl (C=O) groups is 5. The molecule has 10 nitrogen and oxygen atoms in total. The lowest BCUT2D eigenvalue weighted by Gasteiger charge is -2.35. The van der Waals surface area contributed by atoms with E-state index >= 15 is 4.79 Å². The predicted molar refractivity (Wildman–Crippen MR) is 192 cm³/mol. The highest BCUT2D eigenvalue weighted by atomic mass is 16.6. The van der Waals surface area contributed by atoms with Gasteiger partial charge < -0.3 is 18.9 Å². The molecule has 1 aliphatic carbocycles. The van der Waals surface area contributed by atoms with Crippen LogP contribution in [-0.2, 0) is 31.1 Å². The van der Waals surface area contributed by atoms with E-state index in [1.807, 2.05) is 6.07 Å². The Bertz CT molecular complexity index is 2050. The number of hydrogen-bond donors (Lipinski definition) is 0. The number of ether oxygens (including phenoxy) is 4. The number of anilines is 1. The number of rotatable bonds is 10. The van der Waals surface area contributed by atoms with E-state index in [0.29, 0.717) is 28.2 Å². The van der Waals surface area contributed by atoms with E-state index in [9.17, 15) is 19.2 Å². The first-order chi connectivity index (χ1) is 24.9. The molecule has 4 aromatic carbocycles. The summed E-state index contributed by atoms with van der Waals surface area (Å²) < 4.78 is 22.2. The van der Waals surface area contributed by atoms with Crippen molar-refractivity contribution in [3.05, 3.63) is 137 Å². The number of fused-ring (bicyclic) bond motifs is 2. The summed E-state index contributed by atoms with van der Waals surface area (Å²) in [7, 11) is 3.02. The summed E-state index contributed by atoms with van der Waals surface area (Å²) in [6.07, 6.45) is 0.306. The number of para-hydroxylation sites is 1. The van der Waals surface area contributed by atoms with Crippen molar-refractivity contribution in [2.45, 2.75) is 44.8 Å². The van der Waals surface area contributed by atoms with E-state index in [0.717, 1.165) is 4.90 Å². The fraction of sp³-hybridized carbons (Fsp3) is 0.262. The standard InChI is InChI=1S/C42H39NO9/c1-41(2,3)52-40(48)43-34-14-10-9-13-33(34)42(39(43)47)29(24-35(44)27-15-19-30(49-4)20-16-27)23-32(37(45)28-17-21-31(50-5)22-18-28)36(42)38(46)51-25-26-11-7-6-8-12-26/h6-23,29,36H,24-25H2,1-5H3/t29-,36?,42-/m0/s1. The third-order valence-corrected chi connectivity index (χ3v) is 9.35. The van der Waals surface area contributed by atoms with Gasteiger partial charge in [0.25, 0.3) is 0 Å². The summed E-state index contributed by atoms with van der Waals surface area (Å²) in [5.41, 5.74) is -1.17. The van der Waals surface area contributed by atoms with E-state index < -0.39 is 46.6 Å². The van der Waals surface area contributed by atoms with Crippen molar-refractivity contribution < 1.29 is 42.9 Å². The van der Waals surface area contributed by atoms with Crippen LogP contribution in [0.3, 0.4) is 0 Å². The molecule has 52 heavy (non-hydrogen) atoms. The summed E-state index contributed by atoms with van der Waals surface area (Å²) in [6, 6.07) is 28.5. The van der Waals surface area contributed by atoms with Gasteiger partial charge in [0.05, 0.1) is 19.9 Å². The third-order valence-electron chi connectivity index (χ3n) is 9.35. The molecule has 0 saturated heterocycles. The Kier molecular flexibility index (Phi) is 9.84. The van der Waals surface area contributed by atoms with Gasteiger partial charge in [-0.25, -0.2) is 9.69 Å². The van der Waals surface area contributed by atoms with E-state index in [1.165, 1.54) is 20.3 Å².